The monoisotopic (exact) mass is 525 g/mol. The normalized spacial score (nSPS) is 40.9. The van der Waals surface area contributed by atoms with Crippen molar-refractivity contribution < 1.29 is 19.5 Å². The number of carboxylic acid groups (broad SMARTS) is 1. The lowest BCUT2D eigenvalue weighted by Crippen LogP contribution is -2.65. The highest BCUT2D eigenvalue weighted by atomic mass is 16.4. The van der Waals surface area contributed by atoms with Crippen molar-refractivity contribution in [2.24, 2.45) is 51.8 Å². The number of carboxylic acids is 1. The Hall–Kier alpha value is -2.95. The average Bonchev–Trinajstić information content (AvgIpc) is 3.19. The van der Waals surface area contributed by atoms with Crippen molar-refractivity contribution in [3.63, 3.8) is 0 Å². The number of rotatable bonds is 3. The van der Waals surface area contributed by atoms with Crippen LogP contribution in [0.4, 0.5) is 5.69 Å². The Balaban J connectivity index is 1.38. The van der Waals surface area contributed by atoms with Gasteiger partial charge in [-0.1, -0.05) is 75.2 Å². The molecule has 6 aliphatic rings. The van der Waals surface area contributed by atoms with E-state index in [1.807, 2.05) is 49.4 Å². The van der Waals surface area contributed by atoms with E-state index in [1.54, 1.807) is 0 Å². The molecule has 3 saturated carbocycles. The van der Waals surface area contributed by atoms with Gasteiger partial charge in [0.05, 0.1) is 22.9 Å². The lowest BCUT2D eigenvalue weighted by molar-refractivity contribution is -0.194. The van der Waals surface area contributed by atoms with Crippen LogP contribution in [0.25, 0.3) is 10.8 Å². The van der Waals surface area contributed by atoms with Gasteiger partial charge in [-0.25, -0.2) is 4.90 Å². The zero-order valence-electron chi connectivity index (χ0n) is 23.4. The first-order chi connectivity index (χ1) is 18.5. The lowest BCUT2D eigenvalue weighted by Gasteiger charge is -2.68. The van der Waals surface area contributed by atoms with Crippen molar-refractivity contribution in [1.82, 2.24) is 0 Å². The van der Waals surface area contributed by atoms with Crippen LogP contribution in [0, 0.1) is 51.8 Å². The summed E-state index contributed by atoms with van der Waals surface area (Å²) in [7, 11) is 0. The largest absolute Gasteiger partial charge is 0.481 e. The van der Waals surface area contributed by atoms with Crippen LogP contribution in [-0.2, 0) is 14.4 Å². The molecule has 5 nitrogen and oxygen atoms in total. The predicted molar refractivity (Wildman–Crippen MR) is 151 cm³/mol. The fourth-order valence-corrected chi connectivity index (χ4v) is 10.6. The molecule has 5 aliphatic carbocycles. The molecular weight excluding hydrogens is 486 g/mol. The van der Waals surface area contributed by atoms with Crippen LogP contribution in [0.3, 0.4) is 0 Å². The molecule has 1 heterocycles. The van der Waals surface area contributed by atoms with E-state index in [4.69, 9.17) is 0 Å². The number of amides is 2. The van der Waals surface area contributed by atoms with E-state index < -0.39 is 16.8 Å². The number of hydrogen-bond acceptors (Lipinski definition) is 3. The summed E-state index contributed by atoms with van der Waals surface area (Å²) in [5.41, 5.74) is 0.744. The Morgan fingerprint density at radius 1 is 0.974 bits per heavy atom. The molecular formula is C34H39NO4. The number of anilines is 1. The van der Waals surface area contributed by atoms with E-state index in [1.165, 1.54) is 10.5 Å². The fraction of sp³-hybridized carbons (Fsp3) is 0.559. The van der Waals surface area contributed by atoms with E-state index in [0.29, 0.717) is 11.6 Å². The zero-order chi connectivity index (χ0) is 27.5. The highest BCUT2D eigenvalue weighted by Crippen LogP contribution is 2.74. The molecule has 1 saturated heterocycles. The summed E-state index contributed by atoms with van der Waals surface area (Å²) >= 11 is 0. The van der Waals surface area contributed by atoms with Crippen molar-refractivity contribution in [2.75, 3.05) is 4.90 Å². The molecule has 2 bridgehead atoms. The molecule has 8 atom stereocenters. The highest BCUT2D eigenvalue weighted by Gasteiger charge is 2.73. The Kier molecular flexibility index (Phi) is 5.17. The van der Waals surface area contributed by atoms with Gasteiger partial charge in [-0.2, -0.15) is 0 Å². The van der Waals surface area contributed by atoms with Crippen molar-refractivity contribution >= 4 is 34.2 Å². The number of carbonyl (C=O) groups is 3. The molecule has 0 aromatic heterocycles. The number of fused-ring (bicyclic) bond motifs is 2. The van der Waals surface area contributed by atoms with Gasteiger partial charge in [-0.05, 0) is 79.6 Å². The standard InChI is InChI=1S/C34H39NO4/c1-19(2)23-18-34-16-13-25-32(3,14-8-15-33(25,4)31(38)39)26(34)17-22(23)27-28(34)30(37)35(29(27)36)24-12-7-10-20-9-5-6-11-21(20)24/h5-7,9-12,18-19,22,25-28H,8,13-17H2,1-4H3,(H,38,39)/t22-,25+,26-,27+,28+,32-,33+,34+/m0/s1. The zero-order valence-corrected chi connectivity index (χ0v) is 23.4. The fourth-order valence-electron chi connectivity index (χ4n) is 10.6. The molecule has 8 rings (SSSR count). The van der Waals surface area contributed by atoms with Gasteiger partial charge in [-0.3, -0.25) is 14.4 Å². The lowest BCUT2D eigenvalue weighted by atomic mass is 9.34. The summed E-state index contributed by atoms with van der Waals surface area (Å²) in [5.74, 6) is -0.828. The van der Waals surface area contributed by atoms with Crippen LogP contribution in [0.15, 0.2) is 54.1 Å². The maximum Gasteiger partial charge on any atom is 0.309 e. The second kappa shape index (κ2) is 8.05. The summed E-state index contributed by atoms with van der Waals surface area (Å²) in [4.78, 5) is 43.1. The average molecular weight is 526 g/mol. The van der Waals surface area contributed by atoms with Crippen LogP contribution < -0.4 is 4.90 Å². The molecule has 5 heteroatoms. The Labute approximate surface area is 230 Å². The van der Waals surface area contributed by atoms with E-state index in [2.05, 4.69) is 26.8 Å². The Morgan fingerprint density at radius 2 is 1.72 bits per heavy atom. The van der Waals surface area contributed by atoms with Crippen molar-refractivity contribution in [3.05, 3.63) is 54.1 Å². The maximum absolute atomic E-state index is 14.6. The highest BCUT2D eigenvalue weighted by molar-refractivity contribution is 6.25. The number of aliphatic carboxylic acids is 1. The smallest absolute Gasteiger partial charge is 0.309 e. The van der Waals surface area contributed by atoms with Gasteiger partial charge in [0, 0.05) is 10.8 Å². The van der Waals surface area contributed by atoms with E-state index >= 15 is 0 Å². The Morgan fingerprint density at radius 3 is 2.46 bits per heavy atom. The maximum atomic E-state index is 14.6. The van der Waals surface area contributed by atoms with Crippen LogP contribution in [0.1, 0.15) is 66.2 Å². The quantitative estimate of drug-likeness (QED) is 0.351. The first-order valence-corrected chi connectivity index (χ1v) is 14.9. The number of carbonyl (C=O) groups excluding carboxylic acids is 2. The molecule has 1 N–H and O–H groups in total. The van der Waals surface area contributed by atoms with Gasteiger partial charge in [0.15, 0.2) is 0 Å². The van der Waals surface area contributed by atoms with Gasteiger partial charge < -0.3 is 5.11 Å². The summed E-state index contributed by atoms with van der Waals surface area (Å²) in [6.45, 7) is 8.71. The van der Waals surface area contributed by atoms with Crippen molar-refractivity contribution in [1.29, 1.82) is 0 Å². The Bertz CT molecular complexity index is 1450. The third-order valence-electron chi connectivity index (χ3n) is 12.2. The van der Waals surface area contributed by atoms with Crippen LogP contribution in [-0.4, -0.2) is 22.9 Å². The molecule has 0 unspecified atom stereocenters. The third-order valence-corrected chi connectivity index (χ3v) is 12.2. The molecule has 204 valence electrons. The first kappa shape index (κ1) is 25.0. The molecule has 0 radical (unpaired) electrons. The van der Waals surface area contributed by atoms with Crippen LogP contribution in [0.2, 0.25) is 0 Å². The van der Waals surface area contributed by atoms with Gasteiger partial charge in [0.1, 0.15) is 0 Å². The SMILES string of the molecule is CC(C)C1=C[C@]23CC[C@@H]4[C@](C)(CCC[C@@]4(C)C(=O)O)[C@@H]2C[C@@H]1[C@H]1C(=O)N(c2cccc4ccccc24)C(=O)[C@@H]13. The van der Waals surface area contributed by atoms with E-state index in [-0.39, 0.29) is 46.8 Å². The van der Waals surface area contributed by atoms with E-state index in [0.717, 1.165) is 49.3 Å². The summed E-state index contributed by atoms with van der Waals surface area (Å²) in [5, 5.41) is 12.3. The predicted octanol–water partition coefficient (Wildman–Crippen LogP) is 6.86. The van der Waals surface area contributed by atoms with Gasteiger partial charge in [-0.15, -0.1) is 0 Å². The number of imide groups is 1. The minimum Gasteiger partial charge on any atom is -0.481 e. The topological polar surface area (TPSA) is 74.7 Å². The molecule has 2 amide bonds. The minimum absolute atomic E-state index is 0.0342. The molecule has 39 heavy (non-hydrogen) atoms. The van der Waals surface area contributed by atoms with Gasteiger partial charge in [0.25, 0.3) is 0 Å². The van der Waals surface area contributed by atoms with Crippen LogP contribution in [0.5, 0.6) is 0 Å². The molecule has 1 spiro atoms. The first-order valence-electron chi connectivity index (χ1n) is 14.9. The number of hydrogen-bond donors (Lipinski definition) is 1. The number of benzene rings is 2. The van der Waals surface area contributed by atoms with Crippen LogP contribution >= 0.6 is 0 Å². The van der Waals surface area contributed by atoms with E-state index in [9.17, 15) is 19.5 Å². The molecule has 1 aliphatic heterocycles. The van der Waals surface area contributed by atoms with Gasteiger partial charge in [0.2, 0.25) is 11.8 Å². The van der Waals surface area contributed by atoms with Crippen molar-refractivity contribution in [2.45, 2.75) is 66.2 Å². The third kappa shape index (κ3) is 3.00. The van der Waals surface area contributed by atoms with Crippen molar-refractivity contribution in [3.8, 4) is 0 Å². The molecule has 2 aromatic rings. The summed E-state index contributed by atoms with van der Waals surface area (Å²) in [6.07, 6.45) is 7.53. The number of allylic oxidation sites excluding steroid dienone is 2. The summed E-state index contributed by atoms with van der Waals surface area (Å²) < 4.78 is 0. The second-order valence-corrected chi connectivity index (χ2v) is 14.0. The summed E-state index contributed by atoms with van der Waals surface area (Å²) in [6, 6.07) is 13.9. The molecule has 4 fully saturated rings. The second-order valence-electron chi connectivity index (χ2n) is 14.0. The minimum atomic E-state index is -0.736. The van der Waals surface area contributed by atoms with Gasteiger partial charge >= 0.3 is 5.97 Å². The number of nitrogens with zero attached hydrogens (tertiary/aromatic N) is 1. The molecule has 2 aromatic carbocycles.